The lowest BCUT2D eigenvalue weighted by atomic mass is 10.2. The second kappa shape index (κ2) is 6.29. The van der Waals surface area contributed by atoms with Crippen LogP contribution in [0.3, 0.4) is 0 Å². The summed E-state index contributed by atoms with van der Waals surface area (Å²) in [5.74, 6) is 0.345. The fourth-order valence-corrected chi connectivity index (χ4v) is 4.24. The second-order valence-corrected chi connectivity index (χ2v) is 9.05. The van der Waals surface area contributed by atoms with E-state index in [0.29, 0.717) is 11.1 Å². The van der Waals surface area contributed by atoms with Crippen LogP contribution in [0.25, 0.3) is 0 Å². The minimum absolute atomic E-state index is 0.0106. The average Bonchev–Trinajstić information content (AvgIpc) is 2.55. The van der Waals surface area contributed by atoms with Crippen LogP contribution in [0.4, 0.5) is 0 Å². The van der Waals surface area contributed by atoms with Gasteiger partial charge in [0.15, 0.2) is 5.84 Å². The summed E-state index contributed by atoms with van der Waals surface area (Å²) in [7, 11) is -3.48. The number of hydrogen-bond donors (Lipinski definition) is 1. The van der Waals surface area contributed by atoms with Gasteiger partial charge in [-0.2, -0.15) is 9.53 Å². The van der Waals surface area contributed by atoms with Crippen LogP contribution in [0.1, 0.15) is 5.56 Å². The van der Waals surface area contributed by atoms with Crippen molar-refractivity contribution in [2.45, 2.75) is 3.79 Å². The molecule has 0 spiro atoms. The van der Waals surface area contributed by atoms with E-state index in [1.807, 2.05) is 36.4 Å². The fourth-order valence-electron chi connectivity index (χ4n) is 2.05. The zero-order valence-electron chi connectivity index (χ0n) is 11.7. The lowest BCUT2D eigenvalue weighted by Crippen LogP contribution is -2.41. The Bertz CT molecular complexity index is 817. The first-order chi connectivity index (χ1) is 10.9. The van der Waals surface area contributed by atoms with Crippen LogP contribution < -0.4 is 10.6 Å². The van der Waals surface area contributed by atoms with E-state index >= 15 is 0 Å². The molecule has 2 aromatic carbocycles. The van der Waals surface area contributed by atoms with E-state index in [0.717, 1.165) is 5.56 Å². The fraction of sp³-hybridized carbons (Fsp3) is 0.0667. The highest BCUT2D eigenvalue weighted by molar-refractivity contribution is 7.69. The molecule has 3 rings (SSSR count). The number of hydrogen-bond acceptors (Lipinski definition) is 2. The van der Waals surface area contributed by atoms with Crippen LogP contribution in [-0.4, -0.2) is 15.5 Å². The maximum Gasteiger partial charge on any atom is 0.332 e. The zero-order valence-corrected chi connectivity index (χ0v) is 14.8. The molecule has 2 aromatic rings. The molecule has 0 fully saturated rings. The van der Waals surface area contributed by atoms with E-state index in [9.17, 15) is 4.57 Å². The molecular weight excluding hydrogens is 376 g/mol. The van der Waals surface area contributed by atoms with Gasteiger partial charge in [0.1, 0.15) is 5.84 Å². The Morgan fingerprint density at radius 3 is 2.00 bits per heavy atom. The molecule has 0 bridgehead atoms. The standard InChI is InChI=1S/C15H11Cl3N3OP/c16-15(17,18)14-19-13(11-7-3-1-4-8-11)20-23(22,21-14)12-9-5-2-6-10-12/h1-10H,(H,19,20,21,22)/t23-/m0/s1. The first-order valence-electron chi connectivity index (χ1n) is 6.64. The molecule has 8 heteroatoms. The van der Waals surface area contributed by atoms with Crippen molar-refractivity contribution < 1.29 is 4.57 Å². The van der Waals surface area contributed by atoms with Crippen molar-refractivity contribution in [2.24, 2.45) is 9.53 Å². The largest absolute Gasteiger partial charge is 0.332 e. The normalized spacial score (nSPS) is 21.2. The summed E-state index contributed by atoms with van der Waals surface area (Å²) in [5, 5.41) is 3.34. The molecule has 1 aliphatic rings. The van der Waals surface area contributed by atoms with Crippen molar-refractivity contribution in [2.75, 3.05) is 0 Å². The van der Waals surface area contributed by atoms with Crippen molar-refractivity contribution in [1.82, 2.24) is 5.32 Å². The summed E-state index contributed by atoms with van der Waals surface area (Å²) in [5.41, 5.74) is 0.727. The Kier molecular flexibility index (Phi) is 4.52. The molecular formula is C15H11Cl3N3OP. The van der Waals surface area contributed by atoms with Crippen LogP contribution in [0.15, 0.2) is 70.2 Å². The summed E-state index contributed by atoms with van der Waals surface area (Å²) in [6.07, 6.45) is 0. The summed E-state index contributed by atoms with van der Waals surface area (Å²) in [6.45, 7) is 0. The molecule has 0 amide bonds. The molecule has 0 aliphatic carbocycles. The van der Waals surface area contributed by atoms with Crippen molar-refractivity contribution in [3.63, 3.8) is 0 Å². The summed E-state index contributed by atoms with van der Waals surface area (Å²) < 4.78 is 19.9. The molecule has 23 heavy (non-hydrogen) atoms. The van der Waals surface area contributed by atoms with Gasteiger partial charge in [-0.15, -0.1) is 0 Å². The Labute approximate surface area is 148 Å². The van der Waals surface area contributed by atoms with Crippen molar-refractivity contribution in [3.05, 3.63) is 66.2 Å². The number of nitrogens with one attached hydrogen (secondary N) is 1. The molecule has 1 atom stereocenters. The molecule has 0 radical (unpaired) electrons. The van der Waals surface area contributed by atoms with Crippen LogP contribution in [0, 0.1) is 0 Å². The van der Waals surface area contributed by atoms with Gasteiger partial charge in [0.2, 0.25) is 3.79 Å². The molecule has 1 N–H and O–H groups in total. The third kappa shape index (κ3) is 3.61. The first kappa shape index (κ1) is 16.5. The molecule has 0 aromatic heterocycles. The predicted octanol–water partition coefficient (Wildman–Crippen LogP) is 4.32. The van der Waals surface area contributed by atoms with E-state index < -0.39 is 11.2 Å². The van der Waals surface area contributed by atoms with E-state index in [4.69, 9.17) is 34.8 Å². The highest BCUT2D eigenvalue weighted by atomic mass is 35.6. The Morgan fingerprint density at radius 1 is 0.870 bits per heavy atom. The maximum atomic E-state index is 13.3. The second-order valence-electron chi connectivity index (χ2n) is 4.77. The molecule has 4 nitrogen and oxygen atoms in total. The summed E-state index contributed by atoms with van der Waals surface area (Å²) in [4.78, 5) is 0. The number of amidine groups is 2. The number of nitrogens with zero attached hydrogens (tertiary/aromatic N) is 2. The van der Waals surface area contributed by atoms with Crippen molar-refractivity contribution >= 4 is 59.2 Å². The lowest BCUT2D eigenvalue weighted by molar-refractivity contribution is 0.582. The quantitative estimate of drug-likeness (QED) is 0.617. The summed E-state index contributed by atoms with van der Waals surface area (Å²) >= 11 is 17.8. The van der Waals surface area contributed by atoms with Gasteiger partial charge in [0, 0.05) is 5.56 Å². The third-order valence-corrected chi connectivity index (χ3v) is 5.57. The van der Waals surface area contributed by atoms with Crippen molar-refractivity contribution in [3.8, 4) is 0 Å². The van der Waals surface area contributed by atoms with Crippen LogP contribution in [0.5, 0.6) is 0 Å². The topological polar surface area (TPSA) is 53.8 Å². The monoisotopic (exact) mass is 385 g/mol. The van der Waals surface area contributed by atoms with Gasteiger partial charge in [-0.05, 0) is 12.1 Å². The molecule has 0 saturated heterocycles. The number of alkyl halides is 3. The van der Waals surface area contributed by atoms with E-state index in [-0.39, 0.29) is 5.84 Å². The highest BCUT2D eigenvalue weighted by Gasteiger charge is 2.37. The Balaban J connectivity index is 2.15. The smallest absolute Gasteiger partial charge is 0.324 e. The molecule has 1 aliphatic heterocycles. The summed E-state index contributed by atoms with van der Waals surface area (Å²) in [6, 6.07) is 17.9. The SMILES string of the molecule is O=[P@@]1(c2ccccc2)N=C(c2ccccc2)NC(C(Cl)(Cl)Cl)=N1. The van der Waals surface area contributed by atoms with E-state index in [2.05, 4.69) is 14.8 Å². The van der Waals surface area contributed by atoms with Gasteiger partial charge in [0.05, 0.1) is 5.30 Å². The van der Waals surface area contributed by atoms with Gasteiger partial charge in [-0.25, -0.2) is 0 Å². The van der Waals surface area contributed by atoms with Gasteiger partial charge in [-0.3, -0.25) is 4.57 Å². The predicted molar refractivity (Wildman–Crippen MR) is 97.5 cm³/mol. The third-order valence-electron chi connectivity index (χ3n) is 3.12. The van der Waals surface area contributed by atoms with Gasteiger partial charge >= 0.3 is 7.44 Å². The highest BCUT2D eigenvalue weighted by Crippen LogP contribution is 2.51. The minimum atomic E-state index is -3.48. The van der Waals surface area contributed by atoms with Gasteiger partial charge in [-0.1, -0.05) is 83.3 Å². The number of benzene rings is 2. The van der Waals surface area contributed by atoms with Crippen LogP contribution in [-0.2, 0) is 4.57 Å². The molecule has 0 saturated carbocycles. The van der Waals surface area contributed by atoms with E-state index in [1.165, 1.54) is 0 Å². The van der Waals surface area contributed by atoms with Crippen LogP contribution in [0.2, 0.25) is 0 Å². The Hall–Kier alpha value is -1.32. The zero-order chi connectivity index (χ0) is 16.5. The Morgan fingerprint density at radius 2 is 1.43 bits per heavy atom. The minimum Gasteiger partial charge on any atom is -0.324 e. The van der Waals surface area contributed by atoms with Crippen LogP contribution >= 0.6 is 42.2 Å². The molecule has 0 unspecified atom stereocenters. The van der Waals surface area contributed by atoms with Gasteiger partial charge in [0.25, 0.3) is 0 Å². The maximum absolute atomic E-state index is 13.3. The number of rotatable bonds is 2. The number of halogens is 3. The molecule has 118 valence electrons. The lowest BCUT2D eigenvalue weighted by Gasteiger charge is -2.25. The van der Waals surface area contributed by atoms with Gasteiger partial charge < -0.3 is 5.32 Å². The van der Waals surface area contributed by atoms with Crippen molar-refractivity contribution in [1.29, 1.82) is 0 Å². The van der Waals surface area contributed by atoms with E-state index in [1.54, 1.807) is 24.3 Å². The molecule has 1 heterocycles. The average molecular weight is 387 g/mol. The first-order valence-corrected chi connectivity index (χ1v) is 9.39.